The Kier molecular flexibility index (Phi) is 3.43. The topological polar surface area (TPSA) is 94.0 Å². The molecule has 0 fully saturated rings. The number of hydrogen-bond acceptors (Lipinski definition) is 6. The van der Waals surface area contributed by atoms with Crippen LogP contribution in [0.1, 0.15) is 11.5 Å². The molecule has 2 aromatic rings. The number of carboxylic acid groups (broad SMARTS) is 1. The molecule has 0 bridgehead atoms. The van der Waals surface area contributed by atoms with Crippen LogP contribution in [0.5, 0.6) is 0 Å². The number of rotatable bonds is 5. The smallest absolute Gasteiger partial charge is 0.313 e. The minimum atomic E-state index is -0.887. The van der Waals surface area contributed by atoms with Crippen molar-refractivity contribution in [2.24, 2.45) is 0 Å². The zero-order valence-corrected chi connectivity index (χ0v) is 9.85. The molecule has 0 aliphatic heterocycles. The highest BCUT2D eigenvalue weighted by molar-refractivity contribution is 7.99. The SMILES string of the molecule is Cc1cc(Cn2cnnc2SCC(=O)O)no1. The first kappa shape index (κ1) is 11.6. The molecule has 1 N–H and O–H groups in total. The summed E-state index contributed by atoms with van der Waals surface area (Å²) < 4.78 is 6.67. The zero-order valence-electron chi connectivity index (χ0n) is 9.03. The van der Waals surface area contributed by atoms with Crippen LogP contribution in [0.3, 0.4) is 0 Å². The lowest BCUT2D eigenvalue weighted by molar-refractivity contribution is -0.133. The van der Waals surface area contributed by atoms with Gasteiger partial charge in [-0.05, 0) is 6.92 Å². The van der Waals surface area contributed by atoms with Gasteiger partial charge in [0.05, 0.1) is 12.3 Å². The van der Waals surface area contributed by atoms with Gasteiger partial charge in [-0.1, -0.05) is 16.9 Å². The molecule has 0 spiro atoms. The molecule has 0 aliphatic carbocycles. The van der Waals surface area contributed by atoms with Crippen LogP contribution in [-0.2, 0) is 11.3 Å². The van der Waals surface area contributed by atoms with E-state index in [2.05, 4.69) is 15.4 Å². The Labute approximate surface area is 101 Å². The summed E-state index contributed by atoms with van der Waals surface area (Å²) >= 11 is 1.12. The largest absolute Gasteiger partial charge is 0.481 e. The molecule has 8 heteroatoms. The van der Waals surface area contributed by atoms with Crippen molar-refractivity contribution in [3.05, 3.63) is 23.8 Å². The van der Waals surface area contributed by atoms with E-state index in [4.69, 9.17) is 9.63 Å². The Hall–Kier alpha value is -1.83. The molecule has 0 aliphatic rings. The molecule has 0 unspecified atom stereocenters. The summed E-state index contributed by atoms with van der Waals surface area (Å²) in [6, 6.07) is 1.81. The van der Waals surface area contributed by atoms with E-state index >= 15 is 0 Å². The van der Waals surface area contributed by atoms with E-state index in [-0.39, 0.29) is 5.75 Å². The number of carboxylic acids is 1. The van der Waals surface area contributed by atoms with E-state index < -0.39 is 5.97 Å². The average molecular weight is 254 g/mol. The first-order valence-electron chi connectivity index (χ1n) is 4.80. The molecule has 7 nitrogen and oxygen atoms in total. The summed E-state index contributed by atoms with van der Waals surface area (Å²) in [5, 5.41) is 20.6. The molecular formula is C9H10N4O3S. The molecule has 17 heavy (non-hydrogen) atoms. The van der Waals surface area contributed by atoms with Crippen molar-refractivity contribution in [3.8, 4) is 0 Å². The molecular weight excluding hydrogens is 244 g/mol. The average Bonchev–Trinajstić information content (AvgIpc) is 2.86. The van der Waals surface area contributed by atoms with Crippen LogP contribution in [0.25, 0.3) is 0 Å². The summed E-state index contributed by atoms with van der Waals surface area (Å²) in [5.74, 6) is -0.203. The van der Waals surface area contributed by atoms with E-state index in [0.717, 1.165) is 23.2 Å². The Morgan fingerprint density at radius 2 is 2.47 bits per heavy atom. The maximum Gasteiger partial charge on any atom is 0.313 e. The molecule has 0 radical (unpaired) electrons. The zero-order chi connectivity index (χ0) is 12.3. The van der Waals surface area contributed by atoms with E-state index in [1.54, 1.807) is 4.57 Å². The Bertz CT molecular complexity index is 522. The second kappa shape index (κ2) is 5.00. The van der Waals surface area contributed by atoms with Crippen molar-refractivity contribution in [1.82, 2.24) is 19.9 Å². The van der Waals surface area contributed by atoms with Crippen molar-refractivity contribution in [2.75, 3.05) is 5.75 Å². The van der Waals surface area contributed by atoms with E-state index in [9.17, 15) is 4.79 Å². The number of thioether (sulfide) groups is 1. The van der Waals surface area contributed by atoms with Gasteiger partial charge >= 0.3 is 5.97 Å². The molecule has 0 saturated carbocycles. The number of carbonyl (C=O) groups is 1. The summed E-state index contributed by atoms with van der Waals surface area (Å²) in [4.78, 5) is 10.5. The number of nitrogens with zero attached hydrogens (tertiary/aromatic N) is 4. The van der Waals surface area contributed by atoms with Crippen molar-refractivity contribution in [2.45, 2.75) is 18.6 Å². The van der Waals surface area contributed by atoms with Gasteiger partial charge in [0.1, 0.15) is 17.8 Å². The minimum absolute atomic E-state index is 0.0451. The highest BCUT2D eigenvalue weighted by Gasteiger charge is 2.09. The Morgan fingerprint density at radius 1 is 1.65 bits per heavy atom. The van der Waals surface area contributed by atoms with Gasteiger partial charge < -0.3 is 14.2 Å². The monoisotopic (exact) mass is 254 g/mol. The van der Waals surface area contributed by atoms with Crippen LogP contribution in [0, 0.1) is 6.92 Å². The van der Waals surface area contributed by atoms with Gasteiger partial charge in [0.25, 0.3) is 0 Å². The molecule has 0 aromatic carbocycles. The van der Waals surface area contributed by atoms with Gasteiger partial charge in [0, 0.05) is 6.07 Å². The van der Waals surface area contributed by atoms with Gasteiger partial charge in [-0.2, -0.15) is 0 Å². The molecule has 2 aromatic heterocycles. The molecule has 2 rings (SSSR count). The Morgan fingerprint density at radius 3 is 3.12 bits per heavy atom. The van der Waals surface area contributed by atoms with Crippen LogP contribution >= 0.6 is 11.8 Å². The predicted octanol–water partition coefficient (Wildman–Crippen LogP) is 0.800. The fraction of sp³-hybridized carbons (Fsp3) is 0.333. The second-order valence-corrected chi connectivity index (χ2v) is 4.30. The third kappa shape index (κ3) is 3.06. The summed E-state index contributed by atoms with van der Waals surface area (Å²) in [7, 11) is 0. The molecule has 0 atom stereocenters. The standard InChI is InChI=1S/C9H10N4O3S/c1-6-2-7(12-16-6)3-13-5-10-11-9(13)17-4-8(14)15/h2,5H,3-4H2,1H3,(H,14,15). The number of aromatic nitrogens is 4. The van der Waals surface area contributed by atoms with Crippen LogP contribution in [0.15, 0.2) is 22.1 Å². The first-order valence-corrected chi connectivity index (χ1v) is 5.78. The normalized spacial score (nSPS) is 10.6. The van der Waals surface area contributed by atoms with Crippen molar-refractivity contribution in [1.29, 1.82) is 0 Å². The van der Waals surface area contributed by atoms with E-state index in [1.165, 1.54) is 6.33 Å². The lowest BCUT2D eigenvalue weighted by Gasteiger charge is -2.01. The second-order valence-electron chi connectivity index (χ2n) is 3.35. The van der Waals surface area contributed by atoms with E-state index in [0.29, 0.717) is 11.7 Å². The summed E-state index contributed by atoms with van der Waals surface area (Å²) in [5.41, 5.74) is 0.750. The number of hydrogen-bond donors (Lipinski definition) is 1. The van der Waals surface area contributed by atoms with E-state index in [1.807, 2.05) is 13.0 Å². The van der Waals surface area contributed by atoms with Crippen molar-refractivity contribution >= 4 is 17.7 Å². The summed E-state index contributed by atoms with van der Waals surface area (Å²) in [6.07, 6.45) is 1.54. The van der Waals surface area contributed by atoms with Crippen molar-refractivity contribution < 1.29 is 14.4 Å². The van der Waals surface area contributed by atoms with Gasteiger partial charge in [-0.25, -0.2) is 0 Å². The van der Waals surface area contributed by atoms with Gasteiger partial charge in [0.2, 0.25) is 0 Å². The maximum atomic E-state index is 10.5. The Balaban J connectivity index is 2.06. The number of aliphatic carboxylic acids is 1. The first-order chi connectivity index (χ1) is 8.15. The summed E-state index contributed by atoms with van der Waals surface area (Å²) in [6.45, 7) is 2.27. The van der Waals surface area contributed by atoms with Crippen LogP contribution in [0.2, 0.25) is 0 Å². The lowest BCUT2D eigenvalue weighted by Crippen LogP contribution is -2.03. The molecule has 2 heterocycles. The third-order valence-corrected chi connectivity index (χ3v) is 2.88. The highest BCUT2D eigenvalue weighted by Crippen LogP contribution is 2.15. The molecule has 90 valence electrons. The van der Waals surface area contributed by atoms with Crippen molar-refractivity contribution in [3.63, 3.8) is 0 Å². The van der Waals surface area contributed by atoms with Gasteiger partial charge in [-0.3, -0.25) is 4.79 Å². The number of aryl methyl sites for hydroxylation is 1. The molecule has 0 saturated heterocycles. The van der Waals surface area contributed by atoms with Gasteiger partial charge in [0.15, 0.2) is 5.16 Å². The van der Waals surface area contributed by atoms with Crippen LogP contribution < -0.4 is 0 Å². The fourth-order valence-corrected chi connectivity index (χ4v) is 1.89. The quantitative estimate of drug-likeness (QED) is 0.788. The fourth-order valence-electron chi connectivity index (χ4n) is 1.26. The third-order valence-electron chi connectivity index (χ3n) is 1.91. The lowest BCUT2D eigenvalue weighted by atomic mass is 10.4. The molecule has 0 amide bonds. The minimum Gasteiger partial charge on any atom is -0.481 e. The maximum absolute atomic E-state index is 10.5. The van der Waals surface area contributed by atoms with Crippen LogP contribution in [-0.4, -0.2) is 36.7 Å². The highest BCUT2D eigenvalue weighted by atomic mass is 32.2. The van der Waals surface area contributed by atoms with Gasteiger partial charge in [-0.15, -0.1) is 10.2 Å². The van der Waals surface area contributed by atoms with Crippen LogP contribution in [0.4, 0.5) is 0 Å². The predicted molar refractivity (Wildman–Crippen MR) is 58.7 cm³/mol.